The molecule has 1 N–H and O–H groups in total. The zero-order chi connectivity index (χ0) is 19.8. The average molecular weight is 414 g/mol. The highest BCUT2D eigenvalue weighted by atomic mass is 32.1. The topological polar surface area (TPSA) is 97.6 Å². The zero-order valence-electron chi connectivity index (χ0n) is 15.9. The number of rotatable bonds is 5. The Bertz CT molecular complexity index is 946. The Hall–Kier alpha value is -2.68. The number of aromatic nitrogens is 2. The van der Waals surface area contributed by atoms with E-state index in [0.29, 0.717) is 28.9 Å². The minimum Gasteiger partial charge on any atom is -0.456 e. The van der Waals surface area contributed by atoms with E-state index in [0.717, 1.165) is 11.3 Å². The van der Waals surface area contributed by atoms with Gasteiger partial charge in [-0.1, -0.05) is 30.5 Å². The maximum Gasteiger partial charge on any atom is 0.338 e. The Balaban J connectivity index is 1.35. The quantitative estimate of drug-likeness (QED) is 0.754. The van der Waals surface area contributed by atoms with Crippen LogP contribution >= 0.6 is 11.3 Å². The number of nitrogens with zero attached hydrogens (tertiary/aromatic N) is 3. The number of ether oxygens (including phenoxy) is 1. The third kappa shape index (κ3) is 3.55. The zero-order valence-corrected chi connectivity index (χ0v) is 16.7. The summed E-state index contributed by atoms with van der Waals surface area (Å²) in [6.45, 7) is 0.225. The predicted molar refractivity (Wildman–Crippen MR) is 104 cm³/mol. The monoisotopic (exact) mass is 414 g/mol. The van der Waals surface area contributed by atoms with Gasteiger partial charge in [-0.25, -0.2) is 9.59 Å². The van der Waals surface area contributed by atoms with Gasteiger partial charge in [-0.15, -0.1) is 11.3 Å². The van der Waals surface area contributed by atoms with Crippen LogP contribution in [0.1, 0.15) is 54.7 Å². The fourth-order valence-corrected chi connectivity index (χ4v) is 5.15. The summed E-state index contributed by atoms with van der Waals surface area (Å²) in [7, 11) is 0. The van der Waals surface area contributed by atoms with Gasteiger partial charge in [0.2, 0.25) is 5.89 Å². The summed E-state index contributed by atoms with van der Waals surface area (Å²) in [6, 6.07) is 3.03. The van der Waals surface area contributed by atoms with E-state index < -0.39 is 12.0 Å². The van der Waals surface area contributed by atoms with Crippen LogP contribution in [0.3, 0.4) is 0 Å². The first-order valence-corrected chi connectivity index (χ1v) is 10.9. The predicted octanol–water partition coefficient (Wildman–Crippen LogP) is 3.33. The number of amides is 2. The van der Waals surface area contributed by atoms with Gasteiger partial charge in [0.1, 0.15) is 6.61 Å². The van der Waals surface area contributed by atoms with Crippen LogP contribution in [0.5, 0.6) is 0 Å². The summed E-state index contributed by atoms with van der Waals surface area (Å²) >= 11 is 1.49. The molecule has 2 aromatic heterocycles. The van der Waals surface area contributed by atoms with Gasteiger partial charge in [-0.05, 0) is 30.2 Å². The van der Waals surface area contributed by atoms with E-state index in [-0.39, 0.29) is 19.2 Å². The molecular formula is C20H22N4O4S. The summed E-state index contributed by atoms with van der Waals surface area (Å²) in [5.74, 6) is 1.26. The van der Waals surface area contributed by atoms with Crippen molar-refractivity contribution in [2.75, 3.05) is 6.61 Å². The molecule has 0 bridgehead atoms. The lowest BCUT2D eigenvalue weighted by Crippen LogP contribution is -2.46. The Morgan fingerprint density at radius 3 is 2.90 bits per heavy atom. The largest absolute Gasteiger partial charge is 0.456 e. The standard InChI is InChI=1S/C20H22N4O4S/c25-19-17-13(11-27-19)24(20(26)22-18(17)14-7-4-8-29-14)10-15-21-16(28-23-15)9-12-5-2-1-3-6-12/h4,7-8,12,18H,1-3,5-6,9-11H2,(H,22,26)/t18-/m1/s1. The van der Waals surface area contributed by atoms with Gasteiger partial charge in [0.15, 0.2) is 5.82 Å². The Labute approximate surface area is 171 Å². The second kappa shape index (κ2) is 7.62. The normalized spacial score (nSPS) is 22.6. The molecule has 0 saturated heterocycles. The van der Waals surface area contributed by atoms with Gasteiger partial charge in [0.05, 0.1) is 23.9 Å². The molecule has 9 heteroatoms. The molecule has 1 saturated carbocycles. The van der Waals surface area contributed by atoms with Crippen molar-refractivity contribution in [3.05, 3.63) is 45.4 Å². The molecule has 0 unspecified atom stereocenters. The fraction of sp³-hybridized carbons (Fsp3) is 0.500. The number of hydrogen-bond donors (Lipinski definition) is 1. The molecule has 1 fully saturated rings. The third-order valence-electron chi connectivity index (χ3n) is 5.82. The van der Waals surface area contributed by atoms with E-state index in [1.165, 1.54) is 48.3 Å². The molecule has 0 spiro atoms. The van der Waals surface area contributed by atoms with Crippen LogP contribution in [-0.4, -0.2) is 33.6 Å². The highest BCUT2D eigenvalue weighted by molar-refractivity contribution is 7.10. The maximum atomic E-state index is 12.8. The van der Waals surface area contributed by atoms with Crippen molar-refractivity contribution in [3.63, 3.8) is 0 Å². The van der Waals surface area contributed by atoms with Crippen molar-refractivity contribution in [2.24, 2.45) is 5.92 Å². The van der Waals surface area contributed by atoms with Crippen LogP contribution in [-0.2, 0) is 22.5 Å². The smallest absolute Gasteiger partial charge is 0.338 e. The molecule has 1 aliphatic carbocycles. The number of urea groups is 1. The van der Waals surface area contributed by atoms with E-state index >= 15 is 0 Å². The molecule has 2 aromatic rings. The molecule has 1 atom stereocenters. The van der Waals surface area contributed by atoms with Gasteiger partial charge in [-0.3, -0.25) is 4.90 Å². The van der Waals surface area contributed by atoms with E-state index in [1.807, 2.05) is 17.5 Å². The number of nitrogens with one attached hydrogen (secondary N) is 1. The van der Waals surface area contributed by atoms with Crippen molar-refractivity contribution in [2.45, 2.75) is 51.1 Å². The number of thiophene rings is 1. The first kappa shape index (κ1) is 18.4. The lowest BCUT2D eigenvalue weighted by Gasteiger charge is -2.31. The molecule has 152 valence electrons. The summed E-state index contributed by atoms with van der Waals surface area (Å²) in [5, 5.41) is 8.89. The van der Waals surface area contributed by atoms with Crippen LogP contribution in [0, 0.1) is 5.92 Å². The molecule has 0 aromatic carbocycles. The van der Waals surface area contributed by atoms with Crippen LogP contribution < -0.4 is 5.32 Å². The summed E-state index contributed by atoms with van der Waals surface area (Å²) < 4.78 is 10.7. The van der Waals surface area contributed by atoms with Crippen molar-refractivity contribution in [1.82, 2.24) is 20.4 Å². The molecule has 3 aliphatic rings. The fourth-order valence-electron chi connectivity index (χ4n) is 4.36. The second-order valence-corrected chi connectivity index (χ2v) is 8.71. The number of carbonyl (C=O) groups is 2. The first-order chi connectivity index (χ1) is 14.2. The van der Waals surface area contributed by atoms with Gasteiger partial charge in [0.25, 0.3) is 0 Å². The highest BCUT2D eigenvalue weighted by Crippen LogP contribution is 2.37. The number of cyclic esters (lactones) is 1. The van der Waals surface area contributed by atoms with Crippen LogP contribution in [0.2, 0.25) is 0 Å². The highest BCUT2D eigenvalue weighted by Gasteiger charge is 2.42. The number of carbonyl (C=O) groups excluding carboxylic acids is 2. The average Bonchev–Trinajstić information content (AvgIpc) is 3.47. The second-order valence-electron chi connectivity index (χ2n) is 7.73. The van der Waals surface area contributed by atoms with Crippen LogP contribution in [0.4, 0.5) is 4.79 Å². The number of esters is 1. The lowest BCUT2D eigenvalue weighted by molar-refractivity contribution is -0.136. The van der Waals surface area contributed by atoms with E-state index in [9.17, 15) is 9.59 Å². The molecule has 2 aliphatic heterocycles. The van der Waals surface area contributed by atoms with Crippen molar-refractivity contribution in [3.8, 4) is 0 Å². The summed E-state index contributed by atoms with van der Waals surface area (Å²) in [4.78, 5) is 32.0. The van der Waals surface area contributed by atoms with E-state index in [2.05, 4.69) is 15.5 Å². The lowest BCUT2D eigenvalue weighted by atomic mass is 9.87. The van der Waals surface area contributed by atoms with Gasteiger partial charge >= 0.3 is 12.0 Å². The maximum absolute atomic E-state index is 12.8. The molecule has 8 nitrogen and oxygen atoms in total. The van der Waals surface area contributed by atoms with Crippen molar-refractivity contribution in [1.29, 1.82) is 0 Å². The molecule has 0 radical (unpaired) electrons. The third-order valence-corrected chi connectivity index (χ3v) is 6.76. The van der Waals surface area contributed by atoms with Crippen molar-refractivity contribution >= 4 is 23.3 Å². The minimum atomic E-state index is -0.476. The molecule has 2 amide bonds. The Kier molecular flexibility index (Phi) is 4.83. The summed E-state index contributed by atoms with van der Waals surface area (Å²) in [6.07, 6.45) is 7.01. The number of hydrogen-bond acceptors (Lipinski definition) is 7. The molecule has 4 heterocycles. The van der Waals surface area contributed by atoms with E-state index in [1.54, 1.807) is 0 Å². The Morgan fingerprint density at radius 1 is 1.24 bits per heavy atom. The minimum absolute atomic E-state index is 0.0796. The van der Waals surface area contributed by atoms with Crippen LogP contribution in [0.15, 0.2) is 33.3 Å². The van der Waals surface area contributed by atoms with Gasteiger partial charge in [-0.2, -0.15) is 4.98 Å². The van der Waals surface area contributed by atoms with Gasteiger partial charge < -0.3 is 14.6 Å². The van der Waals surface area contributed by atoms with E-state index in [4.69, 9.17) is 9.26 Å². The van der Waals surface area contributed by atoms with Crippen LogP contribution in [0.25, 0.3) is 0 Å². The summed E-state index contributed by atoms with van der Waals surface area (Å²) in [5.41, 5.74) is 1.06. The van der Waals surface area contributed by atoms with Crippen molar-refractivity contribution < 1.29 is 18.8 Å². The molecule has 29 heavy (non-hydrogen) atoms. The Morgan fingerprint density at radius 2 is 2.10 bits per heavy atom. The molecule has 5 rings (SSSR count). The first-order valence-electron chi connectivity index (χ1n) is 10.0. The SMILES string of the molecule is O=C1OCC2=C1[C@@H](c1cccs1)NC(=O)N2Cc1noc(CC2CCCCC2)n1. The molecular weight excluding hydrogens is 392 g/mol. The van der Waals surface area contributed by atoms with Gasteiger partial charge in [0, 0.05) is 11.3 Å².